The summed E-state index contributed by atoms with van der Waals surface area (Å²) in [6.07, 6.45) is 0.736. The van der Waals surface area contributed by atoms with Crippen LogP contribution in [0.25, 0.3) is 10.1 Å². The Morgan fingerprint density at radius 3 is 2.79 bits per heavy atom. The van der Waals surface area contributed by atoms with E-state index in [1.807, 2.05) is 30.5 Å². The molecule has 1 N–H and O–H groups in total. The van der Waals surface area contributed by atoms with Crippen molar-refractivity contribution in [1.82, 2.24) is 4.90 Å². The lowest BCUT2D eigenvalue weighted by Crippen LogP contribution is -2.36. The Morgan fingerprint density at radius 2 is 2.11 bits per heavy atom. The molecule has 0 radical (unpaired) electrons. The normalized spacial score (nSPS) is 10.6. The monoisotopic (exact) mass is 277 g/mol. The van der Waals surface area contributed by atoms with Crippen LogP contribution in [0, 0.1) is 0 Å². The number of fused-ring (bicyclic) bond motifs is 1. The largest absolute Gasteiger partial charge is 0.480 e. The summed E-state index contributed by atoms with van der Waals surface area (Å²) in [6, 6.07) is 7.43. The first-order valence-corrected chi connectivity index (χ1v) is 6.98. The van der Waals surface area contributed by atoms with Gasteiger partial charge in [0.1, 0.15) is 6.54 Å². The van der Waals surface area contributed by atoms with Crippen LogP contribution < -0.4 is 0 Å². The van der Waals surface area contributed by atoms with Gasteiger partial charge >= 0.3 is 5.97 Å². The molecule has 5 heteroatoms. The van der Waals surface area contributed by atoms with Gasteiger partial charge in [-0.05, 0) is 41.5 Å². The van der Waals surface area contributed by atoms with E-state index in [-0.39, 0.29) is 12.5 Å². The quantitative estimate of drug-likeness (QED) is 0.914. The smallest absolute Gasteiger partial charge is 0.323 e. The molecule has 0 aliphatic heterocycles. The van der Waals surface area contributed by atoms with Crippen molar-refractivity contribution in [2.45, 2.75) is 13.3 Å². The summed E-state index contributed by atoms with van der Waals surface area (Å²) in [4.78, 5) is 24.5. The minimum atomic E-state index is -0.988. The molecule has 100 valence electrons. The minimum Gasteiger partial charge on any atom is -0.480 e. The van der Waals surface area contributed by atoms with E-state index in [0.29, 0.717) is 12.1 Å². The van der Waals surface area contributed by atoms with E-state index >= 15 is 0 Å². The number of hydrogen-bond acceptors (Lipinski definition) is 3. The van der Waals surface area contributed by atoms with Crippen molar-refractivity contribution < 1.29 is 14.7 Å². The Kier molecular flexibility index (Phi) is 4.16. The average molecular weight is 277 g/mol. The second kappa shape index (κ2) is 5.84. The number of nitrogens with zero attached hydrogens (tertiary/aromatic N) is 1. The number of aliphatic carboxylic acids is 1. The molecule has 0 saturated carbocycles. The van der Waals surface area contributed by atoms with Crippen molar-refractivity contribution in [3.63, 3.8) is 0 Å². The summed E-state index contributed by atoms with van der Waals surface area (Å²) in [6.45, 7) is 2.12. The second-order valence-electron chi connectivity index (χ2n) is 4.29. The first kappa shape index (κ1) is 13.5. The van der Waals surface area contributed by atoms with Crippen molar-refractivity contribution in [3.8, 4) is 0 Å². The molecule has 0 aliphatic carbocycles. The van der Waals surface area contributed by atoms with Crippen LogP contribution in [0.4, 0.5) is 0 Å². The molecule has 2 rings (SSSR count). The van der Waals surface area contributed by atoms with Gasteiger partial charge in [0.05, 0.1) is 0 Å². The van der Waals surface area contributed by atoms with Gasteiger partial charge in [0.2, 0.25) is 0 Å². The molecule has 1 aromatic carbocycles. The predicted molar refractivity (Wildman–Crippen MR) is 75.7 cm³/mol. The molecule has 0 bridgehead atoms. The van der Waals surface area contributed by atoms with Gasteiger partial charge in [0.15, 0.2) is 0 Å². The molecule has 0 spiro atoms. The fraction of sp³-hybridized carbons (Fsp3) is 0.286. The Bertz CT molecular complexity index is 606. The van der Waals surface area contributed by atoms with Crippen LogP contribution in [-0.2, 0) is 4.79 Å². The molecule has 1 heterocycles. The first-order chi connectivity index (χ1) is 9.11. The molecular weight excluding hydrogens is 262 g/mol. The van der Waals surface area contributed by atoms with Crippen molar-refractivity contribution >= 4 is 33.3 Å². The Hall–Kier alpha value is -1.88. The van der Waals surface area contributed by atoms with E-state index in [1.165, 1.54) is 4.90 Å². The number of carboxylic acids is 1. The predicted octanol–water partition coefficient (Wildman–Crippen LogP) is 2.84. The Balaban J connectivity index is 2.26. The van der Waals surface area contributed by atoms with Crippen LogP contribution in [0.3, 0.4) is 0 Å². The van der Waals surface area contributed by atoms with E-state index < -0.39 is 5.97 Å². The molecule has 19 heavy (non-hydrogen) atoms. The highest BCUT2D eigenvalue weighted by molar-refractivity contribution is 7.17. The highest BCUT2D eigenvalue weighted by atomic mass is 32.1. The van der Waals surface area contributed by atoms with E-state index in [4.69, 9.17) is 5.11 Å². The molecule has 1 aromatic heterocycles. The third-order valence-corrected chi connectivity index (χ3v) is 3.70. The number of thiophene rings is 1. The maximum Gasteiger partial charge on any atom is 0.323 e. The van der Waals surface area contributed by atoms with Crippen LogP contribution in [0.2, 0.25) is 0 Å². The Morgan fingerprint density at radius 1 is 1.32 bits per heavy atom. The molecule has 0 atom stereocenters. The summed E-state index contributed by atoms with van der Waals surface area (Å²) >= 11 is 1.62. The summed E-state index contributed by atoms with van der Waals surface area (Å²) in [5.41, 5.74) is 0.542. The Labute approximate surface area is 115 Å². The molecule has 0 aliphatic rings. The number of rotatable bonds is 5. The second-order valence-corrected chi connectivity index (χ2v) is 5.24. The number of carbonyl (C=O) groups excluding carboxylic acids is 1. The molecule has 1 amide bonds. The lowest BCUT2D eigenvalue weighted by Gasteiger charge is -2.20. The van der Waals surface area contributed by atoms with Crippen molar-refractivity contribution in [3.05, 3.63) is 35.2 Å². The van der Waals surface area contributed by atoms with Crippen LogP contribution in [0.1, 0.15) is 23.7 Å². The van der Waals surface area contributed by atoms with E-state index in [0.717, 1.165) is 16.5 Å². The van der Waals surface area contributed by atoms with Crippen molar-refractivity contribution in [1.29, 1.82) is 0 Å². The first-order valence-electron chi connectivity index (χ1n) is 6.10. The molecule has 4 nitrogen and oxygen atoms in total. The van der Waals surface area contributed by atoms with Crippen LogP contribution >= 0.6 is 11.3 Å². The van der Waals surface area contributed by atoms with E-state index in [9.17, 15) is 9.59 Å². The molecule has 0 fully saturated rings. The van der Waals surface area contributed by atoms with Crippen molar-refractivity contribution in [2.24, 2.45) is 0 Å². The fourth-order valence-corrected chi connectivity index (χ4v) is 2.74. The van der Waals surface area contributed by atoms with Gasteiger partial charge in [0, 0.05) is 16.8 Å². The van der Waals surface area contributed by atoms with Gasteiger partial charge < -0.3 is 10.0 Å². The maximum absolute atomic E-state index is 12.3. The molecular formula is C14H15NO3S. The lowest BCUT2D eigenvalue weighted by molar-refractivity contribution is -0.137. The fourth-order valence-electron chi connectivity index (χ4n) is 1.97. The number of benzene rings is 1. The summed E-state index contributed by atoms with van der Waals surface area (Å²) in [5, 5.41) is 11.8. The maximum atomic E-state index is 12.3. The third-order valence-electron chi connectivity index (χ3n) is 2.81. The molecule has 0 unspecified atom stereocenters. The zero-order valence-electron chi connectivity index (χ0n) is 10.6. The number of carboxylic acid groups (broad SMARTS) is 1. The highest BCUT2D eigenvalue weighted by Crippen LogP contribution is 2.22. The van der Waals surface area contributed by atoms with Gasteiger partial charge in [0.25, 0.3) is 5.91 Å². The SMILES string of the molecule is CCCN(CC(=O)O)C(=O)c1ccc2sccc2c1. The minimum absolute atomic E-state index is 0.225. The summed E-state index contributed by atoms with van der Waals surface area (Å²) in [5.74, 6) is -1.21. The van der Waals surface area contributed by atoms with Gasteiger partial charge in [-0.3, -0.25) is 9.59 Å². The van der Waals surface area contributed by atoms with Crippen LogP contribution in [-0.4, -0.2) is 35.0 Å². The zero-order valence-corrected chi connectivity index (χ0v) is 11.4. The highest BCUT2D eigenvalue weighted by Gasteiger charge is 2.17. The summed E-state index contributed by atoms with van der Waals surface area (Å²) in [7, 11) is 0. The molecule has 2 aromatic rings. The molecule has 0 saturated heterocycles. The van der Waals surface area contributed by atoms with E-state index in [1.54, 1.807) is 17.4 Å². The summed E-state index contributed by atoms with van der Waals surface area (Å²) < 4.78 is 1.12. The zero-order chi connectivity index (χ0) is 13.8. The van der Waals surface area contributed by atoms with E-state index in [2.05, 4.69) is 0 Å². The topological polar surface area (TPSA) is 57.6 Å². The standard InChI is InChI=1S/C14H15NO3S/c1-2-6-15(9-13(16)17)14(18)11-3-4-12-10(8-11)5-7-19-12/h3-5,7-8H,2,6,9H2,1H3,(H,16,17). The van der Waals surface area contributed by atoms with Gasteiger partial charge in [-0.15, -0.1) is 11.3 Å². The number of hydrogen-bond donors (Lipinski definition) is 1. The lowest BCUT2D eigenvalue weighted by atomic mass is 10.1. The van der Waals surface area contributed by atoms with Gasteiger partial charge in [-0.2, -0.15) is 0 Å². The average Bonchev–Trinajstić information content (AvgIpc) is 2.84. The third kappa shape index (κ3) is 3.12. The number of carbonyl (C=O) groups is 2. The van der Waals surface area contributed by atoms with Crippen LogP contribution in [0.5, 0.6) is 0 Å². The van der Waals surface area contributed by atoms with Crippen LogP contribution in [0.15, 0.2) is 29.6 Å². The van der Waals surface area contributed by atoms with Gasteiger partial charge in [-0.1, -0.05) is 6.92 Å². The van der Waals surface area contributed by atoms with Crippen molar-refractivity contribution in [2.75, 3.05) is 13.1 Å². The van der Waals surface area contributed by atoms with Gasteiger partial charge in [-0.25, -0.2) is 0 Å². The number of amides is 1.